The molecule has 0 aliphatic heterocycles. The Morgan fingerprint density at radius 1 is 1.08 bits per heavy atom. The van der Waals surface area contributed by atoms with Crippen molar-refractivity contribution in [3.05, 3.63) is 59.7 Å². The summed E-state index contributed by atoms with van der Waals surface area (Å²) in [6.45, 7) is 7.91. The van der Waals surface area contributed by atoms with Crippen LogP contribution in [0.1, 0.15) is 70.6 Å². The summed E-state index contributed by atoms with van der Waals surface area (Å²) in [5, 5.41) is 0. The molecule has 198 valence electrons. The van der Waals surface area contributed by atoms with Crippen molar-refractivity contribution in [3.8, 4) is 0 Å². The number of carbonyl (C=O) groups excluding carboxylic acids is 2. The molecule has 1 aromatic carbocycles. The molecular formula is C29H42FN3O3. The van der Waals surface area contributed by atoms with Gasteiger partial charge in [0.25, 0.3) is 0 Å². The van der Waals surface area contributed by atoms with Gasteiger partial charge >= 0.3 is 0 Å². The first-order chi connectivity index (χ1) is 17.2. The van der Waals surface area contributed by atoms with E-state index in [0.29, 0.717) is 32.7 Å². The van der Waals surface area contributed by atoms with E-state index in [4.69, 9.17) is 4.74 Å². The highest BCUT2D eigenvalue weighted by molar-refractivity contribution is 5.87. The lowest BCUT2D eigenvalue weighted by molar-refractivity contribution is -0.147. The Morgan fingerprint density at radius 3 is 2.42 bits per heavy atom. The molecule has 0 N–H and O–H groups in total. The van der Waals surface area contributed by atoms with Gasteiger partial charge in [-0.3, -0.25) is 9.59 Å². The summed E-state index contributed by atoms with van der Waals surface area (Å²) in [6.07, 6.45) is 8.10. The highest BCUT2D eigenvalue weighted by Gasteiger charge is 2.32. The first-order valence-electron chi connectivity index (χ1n) is 13.2. The molecule has 2 amide bonds. The number of rotatable bonds is 11. The van der Waals surface area contributed by atoms with Crippen LogP contribution in [0.5, 0.6) is 0 Å². The summed E-state index contributed by atoms with van der Waals surface area (Å²) in [7, 11) is 1.65. The number of carbonyl (C=O) groups is 2. The van der Waals surface area contributed by atoms with Gasteiger partial charge in [-0.05, 0) is 49.1 Å². The second kappa shape index (κ2) is 13.0. The second-order valence-electron chi connectivity index (χ2n) is 10.9. The largest absolute Gasteiger partial charge is 0.385 e. The van der Waals surface area contributed by atoms with Gasteiger partial charge in [-0.15, -0.1) is 0 Å². The average Bonchev–Trinajstić information content (AvgIpc) is 3.29. The molecule has 1 aliphatic rings. The molecule has 6 nitrogen and oxygen atoms in total. The smallest absolute Gasteiger partial charge is 0.242 e. The Labute approximate surface area is 215 Å². The van der Waals surface area contributed by atoms with E-state index in [1.165, 1.54) is 18.6 Å². The molecule has 0 saturated heterocycles. The van der Waals surface area contributed by atoms with Gasteiger partial charge in [-0.1, -0.05) is 52.2 Å². The molecule has 36 heavy (non-hydrogen) atoms. The summed E-state index contributed by atoms with van der Waals surface area (Å²) in [4.78, 5) is 30.7. The maximum atomic E-state index is 13.8. The van der Waals surface area contributed by atoms with Gasteiger partial charge in [0.15, 0.2) is 0 Å². The molecule has 0 bridgehead atoms. The van der Waals surface area contributed by atoms with Gasteiger partial charge in [0, 0.05) is 50.2 Å². The van der Waals surface area contributed by atoms with E-state index >= 15 is 0 Å². The minimum absolute atomic E-state index is 0.00792. The van der Waals surface area contributed by atoms with Crippen molar-refractivity contribution in [1.29, 1.82) is 0 Å². The van der Waals surface area contributed by atoms with Crippen LogP contribution in [0.25, 0.3) is 0 Å². The highest BCUT2D eigenvalue weighted by atomic mass is 19.1. The highest BCUT2D eigenvalue weighted by Crippen LogP contribution is 2.26. The van der Waals surface area contributed by atoms with Crippen LogP contribution in [0.4, 0.5) is 4.39 Å². The zero-order valence-corrected chi connectivity index (χ0v) is 22.3. The molecule has 0 spiro atoms. The molecule has 0 radical (unpaired) electrons. The third kappa shape index (κ3) is 7.92. The standard InChI is InChI=1S/C29H42FN3O3/c1-29(2,3)28(35)32(18-9-19-36-4)22-27(34)33(25-10-6-5-7-11-25)21-26-12-8-17-31(26)20-23-13-15-24(30)16-14-23/h8,12-17,25H,5-7,9-11,18-22H2,1-4H3. The molecule has 1 saturated carbocycles. The molecule has 1 fully saturated rings. The SMILES string of the molecule is COCCCN(CC(=O)N(Cc1cccn1Cc1ccc(F)cc1)C1CCCCC1)C(=O)C(C)(C)C. The molecule has 1 aliphatic carbocycles. The molecular weight excluding hydrogens is 457 g/mol. The minimum Gasteiger partial charge on any atom is -0.385 e. The average molecular weight is 500 g/mol. The number of ether oxygens (including phenoxy) is 1. The Hall–Kier alpha value is -2.67. The molecule has 3 rings (SSSR count). The van der Waals surface area contributed by atoms with Crippen LogP contribution < -0.4 is 0 Å². The third-order valence-corrected chi connectivity index (χ3v) is 6.89. The summed E-state index contributed by atoms with van der Waals surface area (Å²) in [6, 6.07) is 10.7. The van der Waals surface area contributed by atoms with Gasteiger partial charge < -0.3 is 19.1 Å². The molecule has 1 heterocycles. The van der Waals surface area contributed by atoms with Gasteiger partial charge in [0.2, 0.25) is 11.8 Å². The summed E-state index contributed by atoms with van der Waals surface area (Å²) < 4.78 is 20.7. The van der Waals surface area contributed by atoms with E-state index < -0.39 is 5.41 Å². The van der Waals surface area contributed by atoms with E-state index in [-0.39, 0.29) is 30.2 Å². The number of methoxy groups -OCH3 is 1. The zero-order chi connectivity index (χ0) is 26.1. The Kier molecular flexibility index (Phi) is 10.1. The first-order valence-corrected chi connectivity index (χ1v) is 13.2. The number of nitrogens with zero attached hydrogens (tertiary/aromatic N) is 3. The number of hydrogen-bond acceptors (Lipinski definition) is 3. The fourth-order valence-corrected chi connectivity index (χ4v) is 4.90. The van der Waals surface area contributed by atoms with E-state index in [1.807, 2.05) is 44.0 Å². The fourth-order valence-electron chi connectivity index (χ4n) is 4.90. The first kappa shape index (κ1) is 27.9. The number of halogens is 1. The predicted molar refractivity (Wildman–Crippen MR) is 140 cm³/mol. The van der Waals surface area contributed by atoms with Crippen LogP contribution in [-0.2, 0) is 27.4 Å². The van der Waals surface area contributed by atoms with Crippen LogP contribution >= 0.6 is 0 Å². The lowest BCUT2D eigenvalue weighted by Crippen LogP contribution is -2.50. The van der Waals surface area contributed by atoms with Gasteiger partial charge in [0.1, 0.15) is 5.82 Å². The van der Waals surface area contributed by atoms with Gasteiger partial charge in [0.05, 0.1) is 13.1 Å². The van der Waals surface area contributed by atoms with Gasteiger partial charge in [-0.2, -0.15) is 0 Å². The lowest BCUT2D eigenvalue weighted by Gasteiger charge is -2.37. The molecule has 1 aromatic heterocycles. The topological polar surface area (TPSA) is 54.8 Å². The minimum atomic E-state index is -0.563. The van der Waals surface area contributed by atoms with Crippen LogP contribution in [0.2, 0.25) is 0 Å². The summed E-state index contributed by atoms with van der Waals surface area (Å²) >= 11 is 0. The van der Waals surface area contributed by atoms with Crippen molar-refractivity contribution in [2.45, 2.75) is 78.4 Å². The molecule has 2 aromatic rings. The van der Waals surface area contributed by atoms with E-state index in [9.17, 15) is 14.0 Å². The maximum Gasteiger partial charge on any atom is 0.242 e. The van der Waals surface area contributed by atoms with Crippen LogP contribution in [0.15, 0.2) is 42.6 Å². The van der Waals surface area contributed by atoms with Crippen LogP contribution in [0, 0.1) is 11.2 Å². The second-order valence-corrected chi connectivity index (χ2v) is 10.9. The fraction of sp³-hybridized carbons (Fsp3) is 0.586. The van der Waals surface area contributed by atoms with Crippen molar-refractivity contribution < 1.29 is 18.7 Å². The number of amides is 2. The monoisotopic (exact) mass is 499 g/mol. The number of hydrogen-bond donors (Lipinski definition) is 0. The van der Waals surface area contributed by atoms with E-state index in [2.05, 4.69) is 4.57 Å². The van der Waals surface area contributed by atoms with Crippen molar-refractivity contribution >= 4 is 11.8 Å². The van der Waals surface area contributed by atoms with E-state index in [1.54, 1.807) is 24.1 Å². The third-order valence-electron chi connectivity index (χ3n) is 6.89. The molecule has 0 atom stereocenters. The lowest BCUT2D eigenvalue weighted by atomic mass is 9.93. The number of benzene rings is 1. The Balaban J connectivity index is 1.79. The summed E-state index contributed by atoms with van der Waals surface area (Å²) in [5.74, 6) is -0.276. The Morgan fingerprint density at radius 2 is 1.78 bits per heavy atom. The molecule has 0 unspecified atom stereocenters. The van der Waals surface area contributed by atoms with E-state index in [0.717, 1.165) is 36.9 Å². The molecule has 7 heteroatoms. The zero-order valence-electron chi connectivity index (χ0n) is 22.3. The van der Waals surface area contributed by atoms with Crippen molar-refractivity contribution in [3.63, 3.8) is 0 Å². The van der Waals surface area contributed by atoms with Crippen molar-refractivity contribution in [2.75, 3.05) is 26.8 Å². The quantitative estimate of drug-likeness (QED) is 0.397. The predicted octanol–water partition coefficient (Wildman–Crippen LogP) is 5.25. The van der Waals surface area contributed by atoms with Crippen molar-refractivity contribution in [2.24, 2.45) is 5.41 Å². The number of aromatic nitrogens is 1. The normalized spacial score (nSPS) is 14.6. The van der Waals surface area contributed by atoms with Gasteiger partial charge in [-0.25, -0.2) is 4.39 Å². The Bertz CT molecular complexity index is 974. The van der Waals surface area contributed by atoms with Crippen molar-refractivity contribution in [1.82, 2.24) is 14.4 Å². The van der Waals surface area contributed by atoms with Crippen LogP contribution in [0.3, 0.4) is 0 Å². The van der Waals surface area contributed by atoms with Crippen LogP contribution in [-0.4, -0.2) is 59.0 Å². The summed E-state index contributed by atoms with van der Waals surface area (Å²) in [5.41, 5.74) is 1.48. The maximum absolute atomic E-state index is 13.8.